The van der Waals surface area contributed by atoms with E-state index in [-0.39, 0.29) is 32.6 Å². The quantitative estimate of drug-likeness (QED) is 0.0266. The molecule has 0 spiro atoms. The van der Waals surface area contributed by atoms with Crippen molar-refractivity contribution in [1.82, 2.24) is 0 Å². The maximum absolute atomic E-state index is 12.6. The summed E-state index contributed by atoms with van der Waals surface area (Å²) < 4.78 is 32.8. The fourth-order valence-corrected chi connectivity index (χ4v) is 7.17. The molecule has 0 saturated heterocycles. The van der Waals surface area contributed by atoms with E-state index < -0.39 is 32.5 Å². The van der Waals surface area contributed by atoms with Crippen LogP contribution in [0.3, 0.4) is 0 Å². The van der Waals surface area contributed by atoms with Crippen molar-refractivity contribution in [1.29, 1.82) is 0 Å². The minimum atomic E-state index is -4.39. The zero-order valence-corrected chi connectivity index (χ0v) is 38.2. The number of carbonyl (C=O) groups excluding carboxylic acids is 2. The summed E-state index contributed by atoms with van der Waals surface area (Å²) >= 11 is 0. The van der Waals surface area contributed by atoms with E-state index in [0.29, 0.717) is 6.42 Å². The van der Waals surface area contributed by atoms with Gasteiger partial charge in [0.05, 0.1) is 13.2 Å². The van der Waals surface area contributed by atoms with Gasteiger partial charge in [0.25, 0.3) is 0 Å². The minimum Gasteiger partial charge on any atom is -0.462 e. The number of ether oxygens (including phenoxy) is 2. The first-order valence-corrected chi connectivity index (χ1v) is 25.1. The number of carbonyl (C=O) groups is 2. The molecule has 2 unspecified atom stereocenters. The normalized spacial score (nSPS) is 13.7. The molecule has 0 aliphatic carbocycles. The predicted octanol–water partition coefficient (Wildman–Crippen LogP) is 13.9. The summed E-state index contributed by atoms with van der Waals surface area (Å²) in [6, 6.07) is 0. The summed E-state index contributed by atoms with van der Waals surface area (Å²) in [5, 5.41) is 0. The van der Waals surface area contributed by atoms with Crippen molar-refractivity contribution in [3.8, 4) is 0 Å². The van der Waals surface area contributed by atoms with Gasteiger partial charge in [0.1, 0.15) is 6.61 Å². The standard InChI is InChI=1S/C48H88NO8P/c1-3-5-7-9-11-13-15-17-19-21-22-23-24-25-27-29-31-33-35-37-39-41-48(51)57-46(45-56-58(52,53)55-43-42-49)44-54-47(50)40-38-36-34-32-30-28-26-20-18-16-14-12-10-8-6-4-2/h15,17,20-22,24-26,46H,3-14,16,18-19,23,27-45,49H2,1-2H3,(H,52,53)/b17-15-,22-21-,25-24-,26-20-. The van der Waals surface area contributed by atoms with Crippen molar-refractivity contribution in [2.75, 3.05) is 26.4 Å². The molecule has 0 heterocycles. The van der Waals surface area contributed by atoms with Crippen LogP contribution in [0, 0.1) is 0 Å². The van der Waals surface area contributed by atoms with Crippen molar-refractivity contribution in [2.24, 2.45) is 5.73 Å². The van der Waals surface area contributed by atoms with Gasteiger partial charge in [0.15, 0.2) is 6.10 Å². The number of phosphoric acid groups is 1. The molecule has 0 aromatic carbocycles. The lowest BCUT2D eigenvalue weighted by Crippen LogP contribution is -2.29. The lowest BCUT2D eigenvalue weighted by atomic mass is 10.1. The summed E-state index contributed by atoms with van der Waals surface area (Å²) in [6.45, 7) is 3.70. The average Bonchev–Trinajstić information content (AvgIpc) is 3.21. The number of rotatable bonds is 44. The Morgan fingerprint density at radius 2 is 0.897 bits per heavy atom. The van der Waals surface area contributed by atoms with Crippen molar-refractivity contribution in [3.63, 3.8) is 0 Å². The Labute approximate surface area is 356 Å². The van der Waals surface area contributed by atoms with Gasteiger partial charge in [-0.05, 0) is 77.0 Å². The Bertz CT molecular complexity index is 1090. The van der Waals surface area contributed by atoms with E-state index in [4.69, 9.17) is 24.3 Å². The topological polar surface area (TPSA) is 134 Å². The Kier molecular flexibility index (Phi) is 43.0. The number of esters is 2. The molecular weight excluding hydrogens is 750 g/mol. The molecule has 0 radical (unpaired) electrons. The molecule has 0 rings (SSSR count). The van der Waals surface area contributed by atoms with Gasteiger partial charge in [-0.25, -0.2) is 4.57 Å². The van der Waals surface area contributed by atoms with Crippen molar-refractivity contribution in [3.05, 3.63) is 48.6 Å². The Morgan fingerprint density at radius 3 is 1.34 bits per heavy atom. The molecule has 0 aromatic rings. The molecule has 0 saturated carbocycles. The molecule has 0 bridgehead atoms. The van der Waals surface area contributed by atoms with E-state index in [1.54, 1.807) is 0 Å². The predicted molar refractivity (Wildman–Crippen MR) is 243 cm³/mol. The third-order valence-corrected chi connectivity index (χ3v) is 10.9. The van der Waals surface area contributed by atoms with E-state index in [2.05, 4.69) is 62.5 Å². The second-order valence-corrected chi connectivity index (χ2v) is 17.1. The maximum atomic E-state index is 12.6. The molecule has 0 aliphatic rings. The highest BCUT2D eigenvalue weighted by molar-refractivity contribution is 7.47. The van der Waals surface area contributed by atoms with Crippen LogP contribution < -0.4 is 5.73 Å². The van der Waals surface area contributed by atoms with Crippen LogP contribution in [0.15, 0.2) is 48.6 Å². The average molecular weight is 838 g/mol. The fourth-order valence-electron chi connectivity index (χ4n) is 6.40. The monoisotopic (exact) mass is 838 g/mol. The van der Waals surface area contributed by atoms with Crippen LogP contribution in [0.4, 0.5) is 0 Å². The van der Waals surface area contributed by atoms with Crippen LogP contribution in [0.5, 0.6) is 0 Å². The highest BCUT2D eigenvalue weighted by Gasteiger charge is 2.26. The van der Waals surface area contributed by atoms with Crippen molar-refractivity contribution >= 4 is 19.8 Å². The molecule has 9 nitrogen and oxygen atoms in total. The molecule has 0 amide bonds. The first-order chi connectivity index (χ1) is 28.3. The Hall–Kier alpha value is -2.03. The van der Waals surface area contributed by atoms with Crippen molar-refractivity contribution in [2.45, 2.75) is 219 Å². The van der Waals surface area contributed by atoms with Gasteiger partial charge in [0.2, 0.25) is 0 Å². The van der Waals surface area contributed by atoms with E-state index in [0.717, 1.165) is 89.9 Å². The number of nitrogens with two attached hydrogens (primary N) is 1. The van der Waals surface area contributed by atoms with Crippen LogP contribution in [0.25, 0.3) is 0 Å². The summed E-state index contributed by atoms with van der Waals surface area (Å²) in [6.07, 6.45) is 51.4. The largest absolute Gasteiger partial charge is 0.472 e. The van der Waals surface area contributed by atoms with Gasteiger partial charge < -0.3 is 20.1 Å². The summed E-state index contributed by atoms with van der Waals surface area (Å²) in [7, 11) is -4.39. The summed E-state index contributed by atoms with van der Waals surface area (Å²) in [5.74, 6) is -0.851. The molecule has 338 valence electrons. The fraction of sp³-hybridized carbons (Fsp3) is 0.792. The van der Waals surface area contributed by atoms with Crippen LogP contribution in [-0.4, -0.2) is 49.3 Å². The zero-order valence-electron chi connectivity index (χ0n) is 37.3. The molecule has 0 fully saturated rings. The lowest BCUT2D eigenvalue weighted by Gasteiger charge is -2.19. The van der Waals surface area contributed by atoms with Crippen molar-refractivity contribution < 1.29 is 37.6 Å². The van der Waals surface area contributed by atoms with E-state index in [1.165, 1.54) is 89.9 Å². The van der Waals surface area contributed by atoms with Gasteiger partial charge in [-0.2, -0.15) is 0 Å². The third kappa shape index (κ3) is 43.5. The summed E-state index contributed by atoms with van der Waals surface area (Å²) in [4.78, 5) is 34.9. The zero-order chi connectivity index (χ0) is 42.5. The van der Waals surface area contributed by atoms with Crippen LogP contribution >= 0.6 is 7.82 Å². The van der Waals surface area contributed by atoms with Gasteiger partial charge >= 0.3 is 19.8 Å². The van der Waals surface area contributed by atoms with Gasteiger partial charge in [0, 0.05) is 19.4 Å². The van der Waals surface area contributed by atoms with E-state index >= 15 is 0 Å². The van der Waals surface area contributed by atoms with Crippen LogP contribution in [-0.2, 0) is 32.7 Å². The first-order valence-electron chi connectivity index (χ1n) is 23.6. The van der Waals surface area contributed by atoms with E-state index in [9.17, 15) is 19.0 Å². The molecule has 0 aromatic heterocycles. The van der Waals surface area contributed by atoms with E-state index in [1.807, 2.05) is 0 Å². The molecule has 58 heavy (non-hydrogen) atoms. The first kappa shape index (κ1) is 56.0. The number of unbranched alkanes of at least 4 members (excludes halogenated alkanes) is 23. The molecular formula is C48H88NO8P. The number of phosphoric ester groups is 1. The molecule has 2 atom stereocenters. The molecule has 0 aliphatic heterocycles. The number of hydrogen-bond donors (Lipinski definition) is 2. The second-order valence-electron chi connectivity index (χ2n) is 15.6. The van der Waals surface area contributed by atoms with Gasteiger partial charge in [-0.3, -0.25) is 18.6 Å². The minimum absolute atomic E-state index is 0.0486. The molecule has 10 heteroatoms. The lowest BCUT2D eigenvalue weighted by molar-refractivity contribution is -0.161. The smallest absolute Gasteiger partial charge is 0.462 e. The second kappa shape index (κ2) is 44.5. The van der Waals surface area contributed by atoms with Crippen LogP contribution in [0.1, 0.15) is 213 Å². The van der Waals surface area contributed by atoms with Gasteiger partial charge in [-0.15, -0.1) is 0 Å². The molecule has 3 N–H and O–H groups in total. The van der Waals surface area contributed by atoms with Gasteiger partial charge in [-0.1, -0.05) is 172 Å². The number of hydrogen-bond acceptors (Lipinski definition) is 8. The Morgan fingerprint density at radius 1 is 0.517 bits per heavy atom. The highest BCUT2D eigenvalue weighted by atomic mass is 31.2. The van der Waals surface area contributed by atoms with Crippen LogP contribution in [0.2, 0.25) is 0 Å². The summed E-state index contributed by atoms with van der Waals surface area (Å²) in [5.41, 5.74) is 5.35. The SMILES string of the molecule is CCCCCCC/C=C\C/C=C\C/C=C\CCCCCCCCC(=O)OC(COC(=O)CCCCCCC/C=C\CCCCCCCCC)COP(=O)(O)OCCN. The highest BCUT2D eigenvalue weighted by Crippen LogP contribution is 2.43. The number of allylic oxidation sites excluding steroid dienone is 8. The third-order valence-electron chi connectivity index (χ3n) is 9.94. The maximum Gasteiger partial charge on any atom is 0.472 e. The Balaban J connectivity index is 4.15.